The lowest BCUT2D eigenvalue weighted by Crippen LogP contribution is -2.28. The SMILES string of the molecule is CC(C)CCCCNC(=O)Cn1cc(CN)nn1. The predicted molar refractivity (Wildman–Crippen MR) is 69.6 cm³/mol. The Kier molecular flexibility index (Phi) is 6.35. The highest BCUT2D eigenvalue weighted by molar-refractivity contribution is 5.75. The van der Waals surface area contributed by atoms with Gasteiger partial charge in [0.1, 0.15) is 6.54 Å². The van der Waals surface area contributed by atoms with E-state index in [0.29, 0.717) is 12.2 Å². The van der Waals surface area contributed by atoms with Crippen molar-refractivity contribution >= 4 is 5.91 Å². The Bertz CT molecular complexity index is 361. The second-order valence-electron chi connectivity index (χ2n) is 4.85. The quantitative estimate of drug-likeness (QED) is 0.667. The van der Waals surface area contributed by atoms with E-state index < -0.39 is 0 Å². The molecule has 1 aromatic rings. The minimum absolute atomic E-state index is 0.0342. The number of carbonyl (C=O) groups excluding carboxylic acids is 1. The number of amides is 1. The molecule has 0 aliphatic rings. The Morgan fingerprint density at radius 3 is 2.89 bits per heavy atom. The second-order valence-corrected chi connectivity index (χ2v) is 4.85. The van der Waals surface area contributed by atoms with Crippen LogP contribution in [0.15, 0.2) is 6.20 Å². The number of nitrogens with two attached hydrogens (primary N) is 1. The number of carbonyl (C=O) groups is 1. The highest BCUT2D eigenvalue weighted by Crippen LogP contribution is 2.04. The van der Waals surface area contributed by atoms with E-state index in [9.17, 15) is 4.79 Å². The Labute approximate surface area is 108 Å². The molecule has 102 valence electrons. The molecule has 1 amide bonds. The summed E-state index contributed by atoms with van der Waals surface area (Å²) in [5.74, 6) is 0.693. The minimum atomic E-state index is -0.0342. The lowest BCUT2D eigenvalue weighted by molar-refractivity contribution is -0.121. The summed E-state index contributed by atoms with van der Waals surface area (Å²) >= 11 is 0. The molecule has 6 nitrogen and oxygen atoms in total. The van der Waals surface area contributed by atoms with Gasteiger partial charge in [-0.15, -0.1) is 5.10 Å². The first-order chi connectivity index (χ1) is 8.61. The van der Waals surface area contributed by atoms with Gasteiger partial charge < -0.3 is 11.1 Å². The van der Waals surface area contributed by atoms with Crippen LogP contribution >= 0.6 is 0 Å². The fourth-order valence-corrected chi connectivity index (χ4v) is 1.62. The van der Waals surface area contributed by atoms with Gasteiger partial charge in [-0.05, 0) is 12.3 Å². The molecule has 0 aromatic carbocycles. The van der Waals surface area contributed by atoms with Crippen molar-refractivity contribution in [3.63, 3.8) is 0 Å². The van der Waals surface area contributed by atoms with E-state index in [1.54, 1.807) is 6.20 Å². The van der Waals surface area contributed by atoms with Gasteiger partial charge in [0.15, 0.2) is 0 Å². The molecule has 0 bridgehead atoms. The van der Waals surface area contributed by atoms with Crippen LogP contribution in [-0.4, -0.2) is 27.4 Å². The van der Waals surface area contributed by atoms with Crippen LogP contribution in [0, 0.1) is 5.92 Å². The molecule has 18 heavy (non-hydrogen) atoms. The highest BCUT2D eigenvalue weighted by Gasteiger charge is 2.04. The molecular weight excluding hydrogens is 230 g/mol. The maximum atomic E-state index is 11.6. The second kappa shape index (κ2) is 7.81. The molecule has 0 saturated carbocycles. The van der Waals surface area contributed by atoms with Gasteiger partial charge in [-0.3, -0.25) is 4.79 Å². The molecule has 0 unspecified atom stereocenters. The maximum absolute atomic E-state index is 11.6. The summed E-state index contributed by atoms with van der Waals surface area (Å²) in [5, 5.41) is 10.5. The molecule has 0 saturated heterocycles. The fourth-order valence-electron chi connectivity index (χ4n) is 1.62. The van der Waals surface area contributed by atoms with Crippen LogP contribution in [0.4, 0.5) is 0 Å². The number of nitrogens with zero attached hydrogens (tertiary/aromatic N) is 3. The van der Waals surface area contributed by atoms with Crippen molar-refractivity contribution in [3.8, 4) is 0 Å². The number of nitrogens with one attached hydrogen (secondary N) is 1. The number of rotatable bonds is 8. The van der Waals surface area contributed by atoms with Gasteiger partial charge in [-0.25, -0.2) is 4.68 Å². The number of hydrogen-bond acceptors (Lipinski definition) is 4. The van der Waals surface area contributed by atoms with E-state index in [0.717, 1.165) is 25.3 Å². The Morgan fingerprint density at radius 1 is 1.50 bits per heavy atom. The van der Waals surface area contributed by atoms with E-state index in [2.05, 4.69) is 29.5 Å². The summed E-state index contributed by atoms with van der Waals surface area (Å²) in [4.78, 5) is 11.6. The minimum Gasteiger partial charge on any atom is -0.354 e. The van der Waals surface area contributed by atoms with Crippen LogP contribution in [0.5, 0.6) is 0 Å². The van der Waals surface area contributed by atoms with Gasteiger partial charge in [0.05, 0.1) is 11.9 Å². The Balaban J connectivity index is 2.13. The van der Waals surface area contributed by atoms with Crippen LogP contribution < -0.4 is 11.1 Å². The van der Waals surface area contributed by atoms with Crippen molar-refractivity contribution in [1.29, 1.82) is 0 Å². The molecule has 1 aromatic heterocycles. The summed E-state index contributed by atoms with van der Waals surface area (Å²) in [5.41, 5.74) is 6.11. The van der Waals surface area contributed by atoms with E-state index in [1.165, 1.54) is 11.1 Å². The first-order valence-corrected chi connectivity index (χ1v) is 6.47. The van der Waals surface area contributed by atoms with Crippen LogP contribution in [0.1, 0.15) is 38.8 Å². The monoisotopic (exact) mass is 253 g/mol. The predicted octanol–water partition coefficient (Wildman–Crippen LogP) is 0.679. The molecule has 0 spiro atoms. The molecule has 0 radical (unpaired) electrons. The average molecular weight is 253 g/mol. The molecule has 3 N–H and O–H groups in total. The summed E-state index contributed by atoms with van der Waals surface area (Å²) in [6, 6.07) is 0. The largest absolute Gasteiger partial charge is 0.354 e. The summed E-state index contributed by atoms with van der Waals surface area (Å²) in [7, 11) is 0. The molecule has 6 heteroatoms. The number of unbranched alkanes of at least 4 members (excludes halogenated alkanes) is 1. The number of aromatic nitrogens is 3. The van der Waals surface area contributed by atoms with Crippen LogP contribution in [0.2, 0.25) is 0 Å². The molecule has 0 aliphatic carbocycles. The third-order valence-corrected chi connectivity index (χ3v) is 2.63. The van der Waals surface area contributed by atoms with Gasteiger partial charge in [0.25, 0.3) is 0 Å². The standard InChI is InChI=1S/C12H23N5O/c1-10(2)5-3-4-6-14-12(18)9-17-8-11(7-13)15-16-17/h8,10H,3-7,9,13H2,1-2H3,(H,14,18). The third kappa shape index (κ3) is 5.77. The zero-order valence-electron chi connectivity index (χ0n) is 11.2. The lowest BCUT2D eigenvalue weighted by atomic mass is 10.1. The molecule has 0 fully saturated rings. The van der Waals surface area contributed by atoms with Gasteiger partial charge >= 0.3 is 0 Å². The van der Waals surface area contributed by atoms with E-state index >= 15 is 0 Å². The van der Waals surface area contributed by atoms with Crippen LogP contribution in [0.25, 0.3) is 0 Å². The van der Waals surface area contributed by atoms with Gasteiger partial charge in [-0.1, -0.05) is 31.9 Å². The van der Waals surface area contributed by atoms with Crippen molar-refractivity contribution in [2.24, 2.45) is 11.7 Å². The fraction of sp³-hybridized carbons (Fsp3) is 0.750. The van der Waals surface area contributed by atoms with Gasteiger partial charge in [0.2, 0.25) is 5.91 Å². The van der Waals surface area contributed by atoms with Crippen LogP contribution in [0.3, 0.4) is 0 Å². The normalized spacial score (nSPS) is 10.9. The van der Waals surface area contributed by atoms with Gasteiger partial charge in [-0.2, -0.15) is 0 Å². The topological polar surface area (TPSA) is 85.8 Å². The molecule has 1 rings (SSSR count). The maximum Gasteiger partial charge on any atom is 0.241 e. The smallest absolute Gasteiger partial charge is 0.241 e. The molecule has 0 atom stereocenters. The van der Waals surface area contributed by atoms with Crippen molar-refractivity contribution in [3.05, 3.63) is 11.9 Å². The molecule has 1 heterocycles. The molecular formula is C12H23N5O. The lowest BCUT2D eigenvalue weighted by Gasteiger charge is -2.06. The Hall–Kier alpha value is -1.43. The first-order valence-electron chi connectivity index (χ1n) is 6.47. The van der Waals surface area contributed by atoms with Crippen molar-refractivity contribution in [1.82, 2.24) is 20.3 Å². The van der Waals surface area contributed by atoms with Crippen molar-refractivity contribution in [2.45, 2.75) is 46.2 Å². The average Bonchev–Trinajstić information content (AvgIpc) is 2.76. The van der Waals surface area contributed by atoms with Crippen molar-refractivity contribution in [2.75, 3.05) is 6.54 Å². The summed E-state index contributed by atoms with van der Waals surface area (Å²) < 4.78 is 1.51. The zero-order valence-corrected chi connectivity index (χ0v) is 11.2. The van der Waals surface area contributed by atoms with Crippen molar-refractivity contribution < 1.29 is 4.79 Å². The highest BCUT2D eigenvalue weighted by atomic mass is 16.2. The van der Waals surface area contributed by atoms with E-state index in [1.807, 2.05) is 0 Å². The van der Waals surface area contributed by atoms with Crippen LogP contribution in [-0.2, 0) is 17.9 Å². The third-order valence-electron chi connectivity index (χ3n) is 2.63. The molecule has 0 aliphatic heterocycles. The van der Waals surface area contributed by atoms with E-state index in [4.69, 9.17) is 5.73 Å². The summed E-state index contributed by atoms with van der Waals surface area (Å²) in [6.45, 7) is 5.69. The summed E-state index contributed by atoms with van der Waals surface area (Å²) in [6.07, 6.45) is 5.07. The number of hydrogen-bond donors (Lipinski definition) is 2. The first kappa shape index (κ1) is 14.6. The zero-order chi connectivity index (χ0) is 13.4. The van der Waals surface area contributed by atoms with E-state index in [-0.39, 0.29) is 12.5 Å². The Morgan fingerprint density at radius 2 is 2.28 bits per heavy atom. The van der Waals surface area contributed by atoms with Gasteiger partial charge in [0, 0.05) is 13.1 Å².